The first-order valence-corrected chi connectivity index (χ1v) is 9.90. The number of benzene rings is 3. The third kappa shape index (κ3) is 4.22. The number of aryl methyl sites for hydroxylation is 2. The van der Waals surface area contributed by atoms with Gasteiger partial charge in [0.25, 0.3) is 0 Å². The van der Waals surface area contributed by atoms with Crippen LogP contribution in [0.2, 0.25) is 0 Å². The predicted molar refractivity (Wildman–Crippen MR) is 109 cm³/mol. The molecule has 0 spiro atoms. The fourth-order valence-electron chi connectivity index (χ4n) is 3.94. The van der Waals surface area contributed by atoms with Crippen LogP contribution in [0.1, 0.15) is 52.6 Å². The van der Waals surface area contributed by atoms with Crippen molar-refractivity contribution in [2.45, 2.75) is 38.5 Å². The van der Waals surface area contributed by atoms with E-state index in [0.29, 0.717) is 5.56 Å². The van der Waals surface area contributed by atoms with Gasteiger partial charge < -0.3 is 0 Å². The van der Waals surface area contributed by atoms with Gasteiger partial charge in [-0.05, 0) is 90.3 Å². The summed E-state index contributed by atoms with van der Waals surface area (Å²) in [5, 5.41) is 0. The molecule has 0 heterocycles. The first kappa shape index (κ1) is 19.3. The van der Waals surface area contributed by atoms with Crippen molar-refractivity contribution in [3.05, 3.63) is 105 Å². The minimum absolute atomic E-state index is 0.105. The molecule has 29 heavy (non-hydrogen) atoms. The molecule has 0 N–H and O–H groups in total. The van der Waals surface area contributed by atoms with E-state index in [4.69, 9.17) is 0 Å². The minimum Gasteiger partial charge on any atom is -0.207 e. The number of rotatable bonds is 2. The summed E-state index contributed by atoms with van der Waals surface area (Å²) < 4.78 is 40.8. The average Bonchev–Trinajstić information content (AvgIpc) is 2.74. The van der Waals surface area contributed by atoms with Gasteiger partial charge in [-0.3, -0.25) is 0 Å². The molecule has 0 fully saturated rings. The molecule has 0 aliphatic heterocycles. The van der Waals surface area contributed by atoms with E-state index in [2.05, 4.69) is 24.0 Å². The Kier molecular flexibility index (Phi) is 5.45. The molecule has 1 aliphatic rings. The molecule has 1 atom stereocenters. The van der Waals surface area contributed by atoms with Gasteiger partial charge in [0.05, 0.1) is 0 Å². The summed E-state index contributed by atoms with van der Waals surface area (Å²) in [5.74, 6) is 4.22. The summed E-state index contributed by atoms with van der Waals surface area (Å²) in [7, 11) is 0. The smallest absolute Gasteiger partial charge is 0.160 e. The van der Waals surface area contributed by atoms with Crippen LogP contribution < -0.4 is 0 Å². The molecule has 3 aromatic carbocycles. The third-order valence-electron chi connectivity index (χ3n) is 5.62. The van der Waals surface area contributed by atoms with Crippen LogP contribution in [0.4, 0.5) is 13.2 Å². The molecule has 0 amide bonds. The second-order valence-corrected chi connectivity index (χ2v) is 7.51. The van der Waals surface area contributed by atoms with Crippen molar-refractivity contribution in [2.75, 3.05) is 0 Å². The molecule has 0 radical (unpaired) electrons. The van der Waals surface area contributed by atoms with E-state index in [1.165, 1.54) is 17.2 Å². The van der Waals surface area contributed by atoms with Crippen LogP contribution >= 0.6 is 0 Å². The van der Waals surface area contributed by atoms with Gasteiger partial charge in [-0.2, -0.15) is 0 Å². The summed E-state index contributed by atoms with van der Waals surface area (Å²) in [6, 6.07) is 15.3. The number of hydrogen-bond acceptors (Lipinski definition) is 0. The largest absolute Gasteiger partial charge is 0.207 e. The zero-order valence-corrected chi connectivity index (χ0v) is 16.2. The predicted octanol–water partition coefficient (Wildman–Crippen LogP) is 6.34. The Balaban J connectivity index is 1.53. The Morgan fingerprint density at radius 1 is 0.793 bits per heavy atom. The Morgan fingerprint density at radius 3 is 2.28 bits per heavy atom. The number of fused-ring (bicyclic) bond motifs is 1. The Morgan fingerprint density at radius 2 is 1.55 bits per heavy atom. The molecule has 4 rings (SSSR count). The van der Waals surface area contributed by atoms with Crippen molar-refractivity contribution in [3.63, 3.8) is 0 Å². The molecule has 0 saturated heterocycles. The average molecular weight is 390 g/mol. The minimum atomic E-state index is -0.896. The second kappa shape index (κ2) is 8.17. The quantitative estimate of drug-likeness (QED) is 0.448. The first-order valence-electron chi connectivity index (χ1n) is 9.90. The molecule has 0 bridgehead atoms. The molecule has 146 valence electrons. The van der Waals surface area contributed by atoms with Crippen LogP contribution in [-0.4, -0.2) is 0 Å². The van der Waals surface area contributed by atoms with Crippen molar-refractivity contribution in [1.29, 1.82) is 0 Å². The molecule has 1 aliphatic carbocycles. The van der Waals surface area contributed by atoms with E-state index in [-0.39, 0.29) is 11.7 Å². The summed E-state index contributed by atoms with van der Waals surface area (Å²) in [5.41, 5.74) is 5.54. The van der Waals surface area contributed by atoms with Crippen molar-refractivity contribution >= 4 is 0 Å². The van der Waals surface area contributed by atoms with Gasteiger partial charge in [0.2, 0.25) is 0 Å². The highest BCUT2D eigenvalue weighted by Crippen LogP contribution is 2.34. The van der Waals surface area contributed by atoms with Gasteiger partial charge in [0, 0.05) is 11.1 Å². The third-order valence-corrected chi connectivity index (χ3v) is 5.62. The highest BCUT2D eigenvalue weighted by atomic mass is 19.2. The van der Waals surface area contributed by atoms with Crippen LogP contribution in [0.25, 0.3) is 0 Å². The normalized spacial score (nSPS) is 15.4. The lowest BCUT2D eigenvalue weighted by molar-refractivity contribution is 0.508. The van der Waals surface area contributed by atoms with E-state index in [1.54, 1.807) is 6.07 Å². The second-order valence-electron chi connectivity index (χ2n) is 7.51. The van der Waals surface area contributed by atoms with Crippen LogP contribution in [-0.2, 0) is 19.3 Å². The van der Waals surface area contributed by atoms with Crippen molar-refractivity contribution < 1.29 is 13.2 Å². The summed E-state index contributed by atoms with van der Waals surface area (Å²) in [6.45, 7) is 2.03. The van der Waals surface area contributed by atoms with Crippen molar-refractivity contribution in [1.82, 2.24) is 0 Å². The lowest BCUT2D eigenvalue weighted by Gasteiger charge is -2.25. The van der Waals surface area contributed by atoms with Gasteiger partial charge in [0.15, 0.2) is 11.6 Å². The molecule has 3 heteroatoms. The number of hydrogen-bond donors (Lipinski definition) is 0. The molecular formula is C26H21F3. The SMILES string of the molecule is CCc1ccc(C2CCc3cc(C#Cc4ccc(F)c(F)c4)ccc3C2)c(F)c1. The maximum atomic E-state index is 14.5. The summed E-state index contributed by atoms with van der Waals surface area (Å²) in [4.78, 5) is 0. The Hall–Kier alpha value is -2.99. The molecule has 0 saturated carbocycles. The van der Waals surface area contributed by atoms with Crippen LogP contribution in [0, 0.1) is 29.3 Å². The molecule has 3 aromatic rings. The van der Waals surface area contributed by atoms with E-state index < -0.39 is 11.6 Å². The highest BCUT2D eigenvalue weighted by molar-refractivity contribution is 5.47. The van der Waals surface area contributed by atoms with E-state index in [1.807, 2.05) is 25.1 Å². The molecule has 1 unspecified atom stereocenters. The Bertz CT molecular complexity index is 1120. The molecule has 0 nitrogen and oxygen atoms in total. The number of halogens is 3. The van der Waals surface area contributed by atoms with Gasteiger partial charge in [-0.1, -0.05) is 37.0 Å². The van der Waals surface area contributed by atoms with Gasteiger partial charge in [-0.25, -0.2) is 13.2 Å². The fraction of sp³-hybridized carbons (Fsp3) is 0.231. The van der Waals surface area contributed by atoms with Crippen LogP contribution in [0.5, 0.6) is 0 Å². The van der Waals surface area contributed by atoms with Gasteiger partial charge in [-0.15, -0.1) is 0 Å². The van der Waals surface area contributed by atoms with Gasteiger partial charge in [0.1, 0.15) is 5.82 Å². The zero-order chi connectivity index (χ0) is 20.4. The van der Waals surface area contributed by atoms with Crippen LogP contribution in [0.3, 0.4) is 0 Å². The van der Waals surface area contributed by atoms with Crippen LogP contribution in [0.15, 0.2) is 54.6 Å². The van der Waals surface area contributed by atoms with Crippen molar-refractivity contribution in [2.24, 2.45) is 0 Å². The van der Waals surface area contributed by atoms with E-state index >= 15 is 0 Å². The maximum absolute atomic E-state index is 14.5. The highest BCUT2D eigenvalue weighted by Gasteiger charge is 2.22. The standard InChI is InChI=1S/C26H21F3/c1-2-17-6-11-23(25(28)14-17)22-10-9-20-13-18(5-8-21(20)16-22)3-4-19-7-12-24(27)26(29)15-19/h5-8,11-15,22H,2,9-10,16H2,1H3. The summed E-state index contributed by atoms with van der Waals surface area (Å²) in [6.07, 6.45) is 3.42. The van der Waals surface area contributed by atoms with E-state index in [9.17, 15) is 13.2 Å². The zero-order valence-electron chi connectivity index (χ0n) is 16.2. The first-order chi connectivity index (χ1) is 14.0. The Labute approximate surface area is 169 Å². The summed E-state index contributed by atoms with van der Waals surface area (Å²) >= 11 is 0. The lowest BCUT2D eigenvalue weighted by atomic mass is 9.79. The molecule has 0 aromatic heterocycles. The van der Waals surface area contributed by atoms with Gasteiger partial charge >= 0.3 is 0 Å². The van der Waals surface area contributed by atoms with E-state index in [0.717, 1.165) is 54.5 Å². The lowest BCUT2D eigenvalue weighted by Crippen LogP contribution is -2.14. The topological polar surface area (TPSA) is 0 Å². The van der Waals surface area contributed by atoms with Crippen molar-refractivity contribution in [3.8, 4) is 11.8 Å². The fourth-order valence-corrected chi connectivity index (χ4v) is 3.94. The maximum Gasteiger partial charge on any atom is 0.160 e. The molecular weight excluding hydrogens is 369 g/mol. The monoisotopic (exact) mass is 390 g/mol.